The highest BCUT2D eigenvalue weighted by atomic mass is 16.5. The van der Waals surface area contributed by atoms with Gasteiger partial charge in [-0.3, -0.25) is 4.79 Å². The topological polar surface area (TPSA) is 146 Å². The molecule has 0 bridgehead atoms. The number of nitrogens with one attached hydrogen (secondary N) is 1. The van der Waals surface area contributed by atoms with E-state index in [1.165, 1.54) is 12.0 Å². The van der Waals surface area contributed by atoms with Crippen molar-refractivity contribution in [2.45, 2.75) is 25.3 Å². The number of carbonyl (C=O) groups is 3. The van der Waals surface area contributed by atoms with Gasteiger partial charge >= 0.3 is 12.0 Å². The summed E-state index contributed by atoms with van der Waals surface area (Å²) in [5, 5.41) is 19.9. The fourth-order valence-corrected chi connectivity index (χ4v) is 1.49. The zero-order chi connectivity index (χ0) is 16.3. The van der Waals surface area contributed by atoms with Gasteiger partial charge < -0.3 is 25.8 Å². The lowest BCUT2D eigenvalue weighted by Gasteiger charge is -2.24. The molecule has 0 radical (unpaired) electrons. The third-order valence-electron chi connectivity index (χ3n) is 2.62. The van der Waals surface area contributed by atoms with Crippen LogP contribution >= 0.6 is 0 Å². The molecule has 0 saturated carbocycles. The molecule has 21 heavy (non-hydrogen) atoms. The van der Waals surface area contributed by atoms with E-state index in [9.17, 15) is 14.4 Å². The Kier molecular flexibility index (Phi) is 9.28. The summed E-state index contributed by atoms with van der Waals surface area (Å²) < 4.78 is 4.85. The minimum Gasteiger partial charge on any atom is -0.480 e. The van der Waals surface area contributed by atoms with E-state index in [0.717, 1.165) is 0 Å². The molecule has 3 amide bonds. The molecule has 0 aromatic carbocycles. The first-order valence-electron chi connectivity index (χ1n) is 6.34. The van der Waals surface area contributed by atoms with Crippen LogP contribution in [0.2, 0.25) is 0 Å². The zero-order valence-electron chi connectivity index (χ0n) is 11.9. The summed E-state index contributed by atoms with van der Waals surface area (Å²) in [7, 11) is 1.47. The molecule has 1 atom stereocenters. The highest BCUT2D eigenvalue weighted by Crippen LogP contribution is 2.00. The van der Waals surface area contributed by atoms with Crippen LogP contribution in [0.5, 0.6) is 0 Å². The van der Waals surface area contributed by atoms with E-state index in [-0.39, 0.29) is 39.0 Å². The van der Waals surface area contributed by atoms with Gasteiger partial charge in [0.2, 0.25) is 5.91 Å². The summed E-state index contributed by atoms with van der Waals surface area (Å²) in [5.74, 6) is -1.90. The summed E-state index contributed by atoms with van der Waals surface area (Å²) in [5.41, 5.74) is 4.96. The Hall–Kier alpha value is -2.34. The Balaban J connectivity index is 4.61. The summed E-state index contributed by atoms with van der Waals surface area (Å²) in [6, 6.07) is 0.0689. The first kappa shape index (κ1) is 18.7. The quantitative estimate of drug-likeness (QED) is 0.485. The molecule has 0 aromatic rings. The zero-order valence-corrected chi connectivity index (χ0v) is 11.9. The molecule has 0 heterocycles. The molecule has 9 nitrogen and oxygen atoms in total. The van der Waals surface area contributed by atoms with Crippen molar-refractivity contribution in [3.05, 3.63) is 0 Å². The maximum atomic E-state index is 12.0. The van der Waals surface area contributed by atoms with Crippen molar-refractivity contribution in [2.75, 3.05) is 26.8 Å². The number of aliphatic carboxylic acids is 1. The van der Waals surface area contributed by atoms with Gasteiger partial charge in [-0.15, -0.1) is 0 Å². The van der Waals surface area contributed by atoms with Crippen LogP contribution in [0.15, 0.2) is 0 Å². The number of nitriles is 1. The molecule has 0 spiro atoms. The van der Waals surface area contributed by atoms with Crippen molar-refractivity contribution in [2.24, 2.45) is 5.73 Å². The second-order valence-corrected chi connectivity index (χ2v) is 4.23. The fraction of sp³-hybridized carbons (Fsp3) is 0.667. The summed E-state index contributed by atoms with van der Waals surface area (Å²) in [6.07, 6.45) is -0.115. The van der Waals surface area contributed by atoms with Gasteiger partial charge in [-0.1, -0.05) is 0 Å². The second kappa shape index (κ2) is 10.4. The van der Waals surface area contributed by atoms with Crippen molar-refractivity contribution in [1.82, 2.24) is 10.2 Å². The van der Waals surface area contributed by atoms with E-state index in [1.807, 2.05) is 6.07 Å². The summed E-state index contributed by atoms with van der Waals surface area (Å²) in [6.45, 7) is 0.651. The summed E-state index contributed by atoms with van der Waals surface area (Å²) in [4.78, 5) is 35.0. The number of primary amides is 1. The van der Waals surface area contributed by atoms with Crippen LogP contribution in [0.3, 0.4) is 0 Å². The van der Waals surface area contributed by atoms with Crippen molar-refractivity contribution in [3.8, 4) is 6.07 Å². The number of urea groups is 1. The number of nitrogens with zero attached hydrogens (tertiary/aromatic N) is 2. The Bertz CT molecular complexity index is 407. The molecule has 0 fully saturated rings. The van der Waals surface area contributed by atoms with E-state index in [1.54, 1.807) is 0 Å². The SMILES string of the molecule is COCCN(CCC#N)C(=O)NC(CCC(N)=O)C(=O)O. The molecule has 4 N–H and O–H groups in total. The number of ether oxygens (including phenoxy) is 1. The number of methoxy groups -OCH3 is 1. The number of carbonyl (C=O) groups excluding carboxylic acids is 2. The first-order valence-corrected chi connectivity index (χ1v) is 6.34. The van der Waals surface area contributed by atoms with E-state index in [4.69, 9.17) is 20.8 Å². The maximum absolute atomic E-state index is 12.0. The van der Waals surface area contributed by atoms with Gasteiger partial charge in [0.1, 0.15) is 6.04 Å². The highest BCUT2D eigenvalue weighted by molar-refractivity contribution is 5.83. The molecule has 0 rings (SSSR count). The first-order chi connectivity index (χ1) is 9.92. The molecule has 0 saturated heterocycles. The van der Waals surface area contributed by atoms with Crippen LogP contribution in [-0.4, -0.2) is 60.8 Å². The van der Waals surface area contributed by atoms with Gasteiger partial charge in [0.15, 0.2) is 0 Å². The molecular formula is C12H20N4O5. The lowest BCUT2D eigenvalue weighted by molar-refractivity contribution is -0.139. The van der Waals surface area contributed by atoms with Crippen LogP contribution in [0.4, 0.5) is 4.79 Å². The number of carboxylic acid groups (broad SMARTS) is 1. The van der Waals surface area contributed by atoms with E-state index < -0.39 is 23.9 Å². The average Bonchev–Trinajstić information content (AvgIpc) is 2.42. The predicted octanol–water partition coefficient (Wildman–Crippen LogP) is -0.723. The van der Waals surface area contributed by atoms with Crippen LogP contribution < -0.4 is 11.1 Å². The molecule has 118 valence electrons. The monoisotopic (exact) mass is 300 g/mol. The number of hydrogen-bond donors (Lipinski definition) is 3. The minimum atomic E-state index is -1.25. The van der Waals surface area contributed by atoms with E-state index in [2.05, 4.69) is 5.32 Å². The minimum absolute atomic E-state index is 0.0905. The molecule has 1 unspecified atom stereocenters. The Morgan fingerprint density at radius 2 is 2.10 bits per heavy atom. The molecule has 0 aromatic heterocycles. The van der Waals surface area contributed by atoms with Crippen LogP contribution in [-0.2, 0) is 14.3 Å². The van der Waals surface area contributed by atoms with Gasteiger partial charge in [0, 0.05) is 26.6 Å². The summed E-state index contributed by atoms with van der Waals surface area (Å²) >= 11 is 0. The molecule has 9 heteroatoms. The standard InChI is InChI=1S/C12H20N4O5/c1-21-8-7-16(6-2-5-13)12(20)15-9(11(18)19)3-4-10(14)17/h9H,2-4,6-8H2,1H3,(H2,14,17)(H,15,20)(H,18,19). The van der Waals surface area contributed by atoms with Gasteiger partial charge in [-0.25, -0.2) is 9.59 Å². The van der Waals surface area contributed by atoms with Crippen molar-refractivity contribution in [1.29, 1.82) is 5.26 Å². The van der Waals surface area contributed by atoms with E-state index in [0.29, 0.717) is 0 Å². The largest absolute Gasteiger partial charge is 0.480 e. The normalized spacial score (nSPS) is 11.2. The molecule has 0 aliphatic rings. The molecule has 0 aliphatic heterocycles. The number of amides is 3. The number of rotatable bonds is 10. The Labute approximate surface area is 122 Å². The van der Waals surface area contributed by atoms with Crippen LogP contribution in [0.25, 0.3) is 0 Å². The Morgan fingerprint density at radius 1 is 1.43 bits per heavy atom. The third-order valence-corrected chi connectivity index (χ3v) is 2.62. The van der Waals surface area contributed by atoms with Crippen molar-refractivity contribution >= 4 is 17.9 Å². The fourth-order valence-electron chi connectivity index (χ4n) is 1.49. The maximum Gasteiger partial charge on any atom is 0.326 e. The number of nitrogens with two attached hydrogens (primary N) is 1. The Morgan fingerprint density at radius 3 is 2.57 bits per heavy atom. The average molecular weight is 300 g/mol. The van der Waals surface area contributed by atoms with Gasteiger partial charge in [-0.05, 0) is 6.42 Å². The van der Waals surface area contributed by atoms with Crippen molar-refractivity contribution < 1.29 is 24.2 Å². The van der Waals surface area contributed by atoms with Crippen molar-refractivity contribution in [3.63, 3.8) is 0 Å². The number of carboxylic acids is 1. The number of hydrogen-bond acceptors (Lipinski definition) is 5. The molecular weight excluding hydrogens is 280 g/mol. The molecule has 0 aliphatic carbocycles. The third kappa shape index (κ3) is 8.43. The predicted molar refractivity (Wildman–Crippen MR) is 72.1 cm³/mol. The van der Waals surface area contributed by atoms with Gasteiger partial charge in [0.25, 0.3) is 0 Å². The van der Waals surface area contributed by atoms with Gasteiger partial charge in [-0.2, -0.15) is 5.26 Å². The smallest absolute Gasteiger partial charge is 0.326 e. The van der Waals surface area contributed by atoms with E-state index >= 15 is 0 Å². The lowest BCUT2D eigenvalue weighted by Crippen LogP contribution is -2.49. The van der Waals surface area contributed by atoms with Crippen LogP contribution in [0, 0.1) is 11.3 Å². The highest BCUT2D eigenvalue weighted by Gasteiger charge is 2.23. The van der Waals surface area contributed by atoms with Gasteiger partial charge in [0.05, 0.1) is 19.1 Å². The second-order valence-electron chi connectivity index (χ2n) is 4.23. The lowest BCUT2D eigenvalue weighted by atomic mass is 10.1. The van der Waals surface area contributed by atoms with Crippen LogP contribution in [0.1, 0.15) is 19.3 Å².